The number of hydrogen-bond acceptors (Lipinski definition) is 1. The number of thiophene rings is 1. The van der Waals surface area contributed by atoms with E-state index in [2.05, 4.69) is 168 Å². The summed E-state index contributed by atoms with van der Waals surface area (Å²) in [7, 11) is 0. The van der Waals surface area contributed by atoms with Crippen molar-refractivity contribution >= 4 is 74.9 Å². The molecule has 0 radical (unpaired) electrons. The van der Waals surface area contributed by atoms with Gasteiger partial charge < -0.3 is 4.57 Å². The zero-order valence-corrected chi connectivity index (χ0v) is 28.8. The Hall–Kier alpha value is -6.48. The van der Waals surface area contributed by atoms with Crippen molar-refractivity contribution in [2.24, 2.45) is 0 Å². The first-order valence-electron chi connectivity index (χ1n) is 18.0. The lowest BCUT2D eigenvalue weighted by Crippen LogP contribution is -1.95. The highest BCUT2D eigenvalue weighted by atomic mass is 32.1. The quantitative estimate of drug-likeness (QED) is 0.172. The Morgan fingerprint density at radius 1 is 0.346 bits per heavy atom. The largest absolute Gasteiger partial charge is 0.309 e. The van der Waals surface area contributed by atoms with Gasteiger partial charge >= 0.3 is 0 Å². The van der Waals surface area contributed by atoms with Crippen LogP contribution in [-0.4, -0.2) is 4.57 Å². The smallest absolute Gasteiger partial charge is 0.0620 e. The molecule has 0 fully saturated rings. The van der Waals surface area contributed by atoms with Crippen LogP contribution in [0.1, 0.15) is 0 Å². The van der Waals surface area contributed by atoms with Crippen LogP contribution in [0.4, 0.5) is 0 Å². The Kier molecular flexibility index (Phi) is 5.06. The second-order valence-electron chi connectivity index (χ2n) is 14.3. The first kappa shape index (κ1) is 27.3. The zero-order valence-electron chi connectivity index (χ0n) is 27.9. The second kappa shape index (κ2) is 9.64. The van der Waals surface area contributed by atoms with Gasteiger partial charge in [-0.05, 0) is 102 Å². The van der Waals surface area contributed by atoms with Crippen molar-refractivity contribution < 1.29 is 0 Å². The highest BCUT2D eigenvalue weighted by molar-refractivity contribution is 7.26. The molecule has 0 saturated carbocycles. The maximum absolute atomic E-state index is 2.56. The van der Waals surface area contributed by atoms with E-state index in [1.54, 1.807) is 0 Å². The number of benzene rings is 9. The molecule has 0 amide bonds. The third-order valence-corrected chi connectivity index (χ3v) is 13.1. The molecule has 2 heteroatoms. The highest BCUT2D eigenvalue weighted by Crippen LogP contribution is 2.53. The summed E-state index contributed by atoms with van der Waals surface area (Å²) in [6.07, 6.45) is 0. The summed E-state index contributed by atoms with van der Waals surface area (Å²) in [6.45, 7) is 0. The van der Waals surface area contributed by atoms with Crippen molar-refractivity contribution in [2.75, 3.05) is 0 Å². The number of rotatable bonds is 2. The Labute approximate surface area is 303 Å². The molecule has 238 valence electrons. The van der Waals surface area contributed by atoms with Crippen molar-refractivity contribution in [2.45, 2.75) is 0 Å². The van der Waals surface area contributed by atoms with E-state index in [0.717, 1.165) is 0 Å². The molecular weight excluding hydrogens is 647 g/mol. The average molecular weight is 674 g/mol. The Morgan fingerprint density at radius 2 is 0.942 bits per heavy atom. The van der Waals surface area contributed by atoms with Gasteiger partial charge in [-0.25, -0.2) is 0 Å². The SMILES string of the molecule is c1cc(-c2ccc3c4c(cccc24)-c2ccccc2-3)cc(-n2c3ccc4c5ccccc5sc4c3c3cc4c5c(cccc5c32)-c2ccccc2-4)c1. The van der Waals surface area contributed by atoms with Gasteiger partial charge in [0.2, 0.25) is 0 Å². The normalized spacial score (nSPS) is 12.6. The third kappa shape index (κ3) is 3.30. The summed E-state index contributed by atoms with van der Waals surface area (Å²) in [6, 6.07) is 61.5. The molecule has 0 aliphatic heterocycles. The van der Waals surface area contributed by atoms with Gasteiger partial charge in [0.05, 0.1) is 11.0 Å². The molecule has 0 bridgehead atoms. The molecule has 0 unspecified atom stereocenters. The van der Waals surface area contributed by atoms with Gasteiger partial charge in [0.1, 0.15) is 0 Å². The lowest BCUT2D eigenvalue weighted by atomic mass is 9.94. The topological polar surface area (TPSA) is 4.93 Å². The third-order valence-electron chi connectivity index (χ3n) is 11.9. The van der Waals surface area contributed by atoms with E-state index in [9.17, 15) is 0 Å². The van der Waals surface area contributed by atoms with E-state index in [4.69, 9.17) is 0 Å². The van der Waals surface area contributed by atoms with Gasteiger partial charge in [0.25, 0.3) is 0 Å². The monoisotopic (exact) mass is 673 g/mol. The van der Waals surface area contributed by atoms with Crippen LogP contribution in [0.25, 0.3) is 125 Å². The van der Waals surface area contributed by atoms with Crippen LogP contribution in [0.15, 0.2) is 164 Å². The molecule has 2 aliphatic carbocycles. The fraction of sp³-hybridized carbons (Fsp3) is 0. The van der Waals surface area contributed by atoms with Gasteiger partial charge in [-0.3, -0.25) is 0 Å². The molecule has 2 heterocycles. The molecule has 0 N–H and O–H groups in total. The lowest BCUT2D eigenvalue weighted by Gasteiger charge is -2.14. The molecule has 11 aromatic rings. The van der Waals surface area contributed by atoms with E-state index >= 15 is 0 Å². The average Bonchev–Trinajstić information content (AvgIpc) is 3.94. The Morgan fingerprint density at radius 3 is 1.73 bits per heavy atom. The molecule has 2 aliphatic rings. The summed E-state index contributed by atoms with van der Waals surface area (Å²) >= 11 is 1.92. The highest BCUT2D eigenvalue weighted by Gasteiger charge is 2.27. The molecule has 0 spiro atoms. The fourth-order valence-electron chi connectivity index (χ4n) is 9.78. The first-order valence-corrected chi connectivity index (χ1v) is 18.8. The van der Waals surface area contributed by atoms with Gasteiger partial charge in [-0.15, -0.1) is 11.3 Å². The van der Waals surface area contributed by atoms with Gasteiger partial charge in [-0.2, -0.15) is 0 Å². The van der Waals surface area contributed by atoms with Crippen LogP contribution >= 0.6 is 11.3 Å². The van der Waals surface area contributed by atoms with Crippen molar-refractivity contribution in [3.63, 3.8) is 0 Å². The molecular formula is C50H27NS. The number of nitrogens with zero attached hydrogens (tertiary/aromatic N) is 1. The fourth-order valence-corrected chi connectivity index (χ4v) is 11.0. The number of aromatic nitrogens is 1. The molecule has 9 aromatic carbocycles. The zero-order chi connectivity index (χ0) is 33.7. The standard InChI is InChI=1S/C50H27NS/c1-2-13-32-31(12-1)37-18-8-17-36-30(22-23-39(32)46(36)37)28-10-7-11-29(26-28)51-44-25-24-40-35-16-5-6-21-45(35)52-50(40)48(44)43-27-42-34-15-4-3-14-33(34)38-19-9-20-41(47(38)42)49(43)51/h1-27H. The van der Waals surface area contributed by atoms with Crippen LogP contribution in [0, 0.1) is 0 Å². The van der Waals surface area contributed by atoms with Crippen LogP contribution in [0.2, 0.25) is 0 Å². The van der Waals surface area contributed by atoms with E-state index in [0.29, 0.717) is 0 Å². The van der Waals surface area contributed by atoms with Gasteiger partial charge in [0.15, 0.2) is 0 Å². The van der Waals surface area contributed by atoms with Crippen LogP contribution in [-0.2, 0) is 0 Å². The van der Waals surface area contributed by atoms with E-state index < -0.39 is 0 Å². The maximum Gasteiger partial charge on any atom is 0.0620 e. The summed E-state index contributed by atoms with van der Waals surface area (Å²) < 4.78 is 5.25. The van der Waals surface area contributed by atoms with Crippen molar-refractivity contribution in [3.8, 4) is 61.3 Å². The predicted molar refractivity (Wildman–Crippen MR) is 223 cm³/mol. The van der Waals surface area contributed by atoms with Crippen molar-refractivity contribution in [1.29, 1.82) is 0 Å². The van der Waals surface area contributed by atoms with E-state index in [-0.39, 0.29) is 0 Å². The van der Waals surface area contributed by atoms with Crippen molar-refractivity contribution in [3.05, 3.63) is 164 Å². The van der Waals surface area contributed by atoms with Gasteiger partial charge in [-0.1, -0.05) is 133 Å². The van der Waals surface area contributed by atoms with Gasteiger partial charge in [0, 0.05) is 42.0 Å². The summed E-state index contributed by atoms with van der Waals surface area (Å²) in [5.74, 6) is 0. The van der Waals surface area contributed by atoms with E-state index in [1.165, 1.54) is 125 Å². The predicted octanol–water partition coefficient (Wildman–Crippen LogP) is 14.4. The second-order valence-corrected chi connectivity index (χ2v) is 15.4. The number of hydrogen-bond donors (Lipinski definition) is 0. The molecule has 2 aromatic heterocycles. The minimum atomic E-state index is 1.18. The maximum atomic E-state index is 2.56. The van der Waals surface area contributed by atoms with Crippen molar-refractivity contribution in [1.82, 2.24) is 4.57 Å². The van der Waals surface area contributed by atoms with Crippen LogP contribution < -0.4 is 0 Å². The van der Waals surface area contributed by atoms with E-state index in [1.807, 2.05) is 11.3 Å². The summed E-state index contributed by atoms with van der Waals surface area (Å²) in [5.41, 5.74) is 16.9. The first-order chi connectivity index (χ1) is 25.8. The Bertz CT molecular complexity index is 3380. The molecule has 52 heavy (non-hydrogen) atoms. The minimum Gasteiger partial charge on any atom is -0.309 e. The van der Waals surface area contributed by atoms with Crippen LogP contribution in [0.3, 0.4) is 0 Å². The summed E-state index contributed by atoms with van der Waals surface area (Å²) in [4.78, 5) is 0. The summed E-state index contributed by atoms with van der Waals surface area (Å²) in [5, 5.41) is 10.7. The van der Waals surface area contributed by atoms with Crippen LogP contribution in [0.5, 0.6) is 0 Å². The Balaban J connectivity index is 1.14. The lowest BCUT2D eigenvalue weighted by molar-refractivity contribution is 1.19. The number of fused-ring (bicyclic) bond motifs is 14. The molecule has 1 nitrogen and oxygen atoms in total. The molecule has 0 saturated heterocycles. The molecule has 0 atom stereocenters. The minimum absolute atomic E-state index is 1.18. The molecule has 13 rings (SSSR count).